The van der Waals surface area contributed by atoms with E-state index in [1.807, 2.05) is 36.4 Å². The molecule has 0 atom stereocenters. The van der Waals surface area contributed by atoms with E-state index >= 15 is 0 Å². The van der Waals surface area contributed by atoms with Crippen LogP contribution in [0.3, 0.4) is 0 Å². The van der Waals surface area contributed by atoms with Crippen LogP contribution in [-0.4, -0.2) is 17.1 Å². The number of hydrogen-bond donors (Lipinski definition) is 3. The Morgan fingerprint density at radius 2 is 1.92 bits per heavy atom. The second-order valence-corrected chi connectivity index (χ2v) is 6.05. The van der Waals surface area contributed by atoms with Gasteiger partial charge in [0, 0.05) is 34.8 Å². The predicted octanol–water partition coefficient (Wildman–Crippen LogP) is 3.89. The summed E-state index contributed by atoms with van der Waals surface area (Å²) in [6.07, 6.45) is 3.67. The van der Waals surface area contributed by atoms with Crippen molar-refractivity contribution >= 4 is 28.3 Å². The molecule has 1 saturated carbocycles. The molecule has 4 N–H and O–H groups in total. The Morgan fingerprint density at radius 1 is 1.12 bits per heavy atom. The number of amides is 2. The molecule has 1 fully saturated rings. The number of ether oxygens (including phenoxy) is 1. The zero-order valence-corrected chi connectivity index (χ0v) is 13.5. The van der Waals surface area contributed by atoms with Crippen molar-refractivity contribution in [3.63, 3.8) is 0 Å². The van der Waals surface area contributed by atoms with Gasteiger partial charge in [-0.05, 0) is 31.0 Å². The molecule has 0 saturated heterocycles. The fraction of sp³-hybridized carbons (Fsp3) is 0.158. The van der Waals surface area contributed by atoms with Gasteiger partial charge in [-0.2, -0.15) is 0 Å². The third kappa shape index (κ3) is 3.47. The maximum absolute atomic E-state index is 11.8. The molecule has 4 rings (SSSR count). The van der Waals surface area contributed by atoms with Gasteiger partial charge in [0.15, 0.2) is 0 Å². The topological polar surface area (TPSA) is 89.3 Å². The molecule has 0 unspecified atom stereocenters. The van der Waals surface area contributed by atoms with Crippen LogP contribution in [0.1, 0.15) is 12.8 Å². The number of benzene rings is 2. The summed E-state index contributed by atoms with van der Waals surface area (Å²) in [6, 6.07) is 14.9. The summed E-state index contributed by atoms with van der Waals surface area (Å²) in [4.78, 5) is 16.0. The van der Waals surface area contributed by atoms with Crippen LogP contribution in [0.25, 0.3) is 10.8 Å². The lowest BCUT2D eigenvalue weighted by atomic mass is 10.1. The van der Waals surface area contributed by atoms with E-state index in [1.165, 1.54) is 0 Å². The molecular formula is C19H18N4O2. The first-order chi connectivity index (χ1) is 12.2. The SMILES string of the molecule is Nc1ccc(Oc2ccnc(NC(=O)NC3CC3)c2)c2ccccc12. The van der Waals surface area contributed by atoms with E-state index < -0.39 is 0 Å². The number of aromatic nitrogens is 1. The third-order valence-corrected chi connectivity index (χ3v) is 4.03. The van der Waals surface area contributed by atoms with Crippen LogP contribution >= 0.6 is 0 Å². The van der Waals surface area contributed by atoms with Crippen LogP contribution < -0.4 is 21.1 Å². The fourth-order valence-electron chi connectivity index (χ4n) is 2.62. The first kappa shape index (κ1) is 15.3. The van der Waals surface area contributed by atoms with Crippen LogP contribution in [0.15, 0.2) is 54.7 Å². The summed E-state index contributed by atoms with van der Waals surface area (Å²) in [5.74, 6) is 1.73. The molecule has 25 heavy (non-hydrogen) atoms. The second-order valence-electron chi connectivity index (χ2n) is 6.05. The molecule has 0 radical (unpaired) electrons. The van der Waals surface area contributed by atoms with E-state index in [2.05, 4.69) is 15.6 Å². The molecule has 0 aliphatic heterocycles. The number of nitrogens with zero attached hydrogens (tertiary/aromatic N) is 1. The summed E-state index contributed by atoms with van der Waals surface area (Å²) < 4.78 is 6.00. The zero-order valence-electron chi connectivity index (χ0n) is 13.5. The number of rotatable bonds is 4. The maximum atomic E-state index is 11.8. The zero-order chi connectivity index (χ0) is 17.2. The van der Waals surface area contributed by atoms with Gasteiger partial charge in [-0.3, -0.25) is 5.32 Å². The van der Waals surface area contributed by atoms with Crippen molar-refractivity contribution in [1.29, 1.82) is 0 Å². The van der Waals surface area contributed by atoms with Crippen molar-refractivity contribution in [2.24, 2.45) is 0 Å². The summed E-state index contributed by atoms with van der Waals surface area (Å²) in [5.41, 5.74) is 6.73. The second kappa shape index (κ2) is 6.32. The van der Waals surface area contributed by atoms with E-state index in [1.54, 1.807) is 18.3 Å². The van der Waals surface area contributed by atoms with E-state index in [0.717, 1.165) is 23.6 Å². The number of carbonyl (C=O) groups is 1. The molecule has 3 aromatic rings. The van der Waals surface area contributed by atoms with Crippen LogP contribution in [0.5, 0.6) is 11.5 Å². The van der Waals surface area contributed by atoms with Gasteiger partial charge in [0.1, 0.15) is 17.3 Å². The number of hydrogen-bond acceptors (Lipinski definition) is 4. The Bertz CT molecular complexity index is 938. The number of fused-ring (bicyclic) bond motifs is 1. The summed E-state index contributed by atoms with van der Waals surface area (Å²) >= 11 is 0. The van der Waals surface area contributed by atoms with Crippen molar-refractivity contribution in [2.45, 2.75) is 18.9 Å². The average Bonchev–Trinajstić information content (AvgIpc) is 3.42. The number of nitrogen functional groups attached to an aromatic ring is 1. The van der Waals surface area contributed by atoms with Crippen molar-refractivity contribution in [1.82, 2.24) is 10.3 Å². The number of nitrogens with two attached hydrogens (primary N) is 1. The minimum absolute atomic E-state index is 0.245. The van der Waals surface area contributed by atoms with Crippen molar-refractivity contribution < 1.29 is 9.53 Å². The molecule has 0 bridgehead atoms. The highest BCUT2D eigenvalue weighted by Gasteiger charge is 2.23. The van der Waals surface area contributed by atoms with Crippen LogP contribution in [0.4, 0.5) is 16.3 Å². The molecule has 6 heteroatoms. The van der Waals surface area contributed by atoms with Gasteiger partial charge in [0.05, 0.1) is 0 Å². The molecule has 2 amide bonds. The Balaban J connectivity index is 1.56. The molecular weight excluding hydrogens is 316 g/mol. The molecule has 1 aliphatic carbocycles. The maximum Gasteiger partial charge on any atom is 0.320 e. The Kier molecular flexibility index (Phi) is 3.85. The third-order valence-electron chi connectivity index (χ3n) is 4.03. The van der Waals surface area contributed by atoms with E-state index in [-0.39, 0.29) is 6.03 Å². The first-order valence-corrected chi connectivity index (χ1v) is 8.18. The van der Waals surface area contributed by atoms with Gasteiger partial charge in [-0.1, -0.05) is 24.3 Å². The highest BCUT2D eigenvalue weighted by Crippen LogP contribution is 2.33. The van der Waals surface area contributed by atoms with E-state index in [0.29, 0.717) is 29.0 Å². The largest absolute Gasteiger partial charge is 0.457 e. The van der Waals surface area contributed by atoms with E-state index in [9.17, 15) is 4.79 Å². The van der Waals surface area contributed by atoms with Crippen molar-refractivity contribution in [2.75, 3.05) is 11.1 Å². The molecule has 126 valence electrons. The van der Waals surface area contributed by atoms with Gasteiger partial charge < -0.3 is 15.8 Å². The van der Waals surface area contributed by atoms with Crippen LogP contribution in [0, 0.1) is 0 Å². The number of nitrogens with one attached hydrogen (secondary N) is 2. The number of anilines is 2. The van der Waals surface area contributed by atoms with E-state index in [4.69, 9.17) is 10.5 Å². The minimum atomic E-state index is -0.245. The van der Waals surface area contributed by atoms with Crippen molar-refractivity contribution in [3.05, 3.63) is 54.7 Å². The fourth-order valence-corrected chi connectivity index (χ4v) is 2.62. The Labute approximate surface area is 145 Å². The molecule has 1 aromatic heterocycles. The highest BCUT2D eigenvalue weighted by atomic mass is 16.5. The molecule has 0 spiro atoms. The molecule has 1 heterocycles. The summed E-state index contributed by atoms with van der Waals surface area (Å²) in [6.45, 7) is 0. The normalized spacial score (nSPS) is 13.4. The minimum Gasteiger partial charge on any atom is -0.457 e. The van der Waals surface area contributed by atoms with Gasteiger partial charge in [0.2, 0.25) is 0 Å². The lowest BCUT2D eigenvalue weighted by Crippen LogP contribution is -2.30. The van der Waals surface area contributed by atoms with Gasteiger partial charge >= 0.3 is 6.03 Å². The summed E-state index contributed by atoms with van der Waals surface area (Å²) in [7, 11) is 0. The average molecular weight is 334 g/mol. The number of pyridine rings is 1. The standard InChI is InChI=1S/C19H18N4O2/c20-16-7-8-17(15-4-2-1-3-14(15)16)25-13-9-10-21-18(11-13)23-19(24)22-12-5-6-12/h1-4,7-12H,5-6,20H2,(H2,21,22,23,24). The van der Waals surface area contributed by atoms with Gasteiger partial charge in [-0.25, -0.2) is 9.78 Å². The van der Waals surface area contributed by atoms with Crippen LogP contribution in [-0.2, 0) is 0 Å². The summed E-state index contributed by atoms with van der Waals surface area (Å²) in [5, 5.41) is 7.45. The number of carbonyl (C=O) groups excluding carboxylic acids is 1. The van der Waals surface area contributed by atoms with Gasteiger partial charge in [-0.15, -0.1) is 0 Å². The lowest BCUT2D eigenvalue weighted by molar-refractivity contribution is 0.251. The highest BCUT2D eigenvalue weighted by molar-refractivity contribution is 5.97. The molecule has 2 aromatic carbocycles. The van der Waals surface area contributed by atoms with Gasteiger partial charge in [0.25, 0.3) is 0 Å². The Morgan fingerprint density at radius 3 is 2.72 bits per heavy atom. The smallest absolute Gasteiger partial charge is 0.320 e. The number of urea groups is 1. The molecule has 6 nitrogen and oxygen atoms in total. The Hall–Kier alpha value is -3.28. The lowest BCUT2D eigenvalue weighted by Gasteiger charge is -2.11. The monoisotopic (exact) mass is 334 g/mol. The van der Waals surface area contributed by atoms with Crippen molar-refractivity contribution in [3.8, 4) is 11.5 Å². The molecule has 1 aliphatic rings. The van der Waals surface area contributed by atoms with Crippen LogP contribution in [0.2, 0.25) is 0 Å². The first-order valence-electron chi connectivity index (χ1n) is 8.18. The quantitative estimate of drug-likeness (QED) is 0.631. The predicted molar refractivity (Wildman–Crippen MR) is 97.8 cm³/mol.